The number of carbonyl (C=O) groups is 1. The van der Waals surface area contributed by atoms with E-state index in [1.165, 1.54) is 26.2 Å². The molecule has 1 atom stereocenters. The number of carbonyl (C=O) groups excluding carboxylic acids is 1. The molecule has 2 nitrogen and oxygen atoms in total. The second kappa shape index (κ2) is 3.60. The standard InChI is InChI=1S/C10H14NO.C2H4.Ti/c1-7-5-10(4,11-6-12)9(3)8(7)2;1-2;/h6H,1-4H3,(H,11,12);1-2H2;. The van der Waals surface area contributed by atoms with Crippen LogP contribution in [-0.4, -0.2) is 11.9 Å². The second-order valence-corrected chi connectivity index (χ2v) is 8.97. The molecule has 1 fully saturated rings. The van der Waals surface area contributed by atoms with Gasteiger partial charge in [0.05, 0.1) is 0 Å². The topological polar surface area (TPSA) is 29.1 Å². The van der Waals surface area contributed by atoms with Gasteiger partial charge in [0.15, 0.2) is 0 Å². The second-order valence-electron chi connectivity index (χ2n) is 4.74. The van der Waals surface area contributed by atoms with Gasteiger partial charge in [-0.1, -0.05) is 0 Å². The van der Waals surface area contributed by atoms with E-state index in [2.05, 4.69) is 33.0 Å². The van der Waals surface area contributed by atoms with Crippen molar-refractivity contribution in [2.24, 2.45) is 0 Å². The number of rotatable bonds is 3. The van der Waals surface area contributed by atoms with Crippen molar-refractivity contribution in [2.45, 2.75) is 42.7 Å². The quantitative estimate of drug-likeness (QED) is 0.596. The Kier molecular flexibility index (Phi) is 2.68. The van der Waals surface area contributed by atoms with Crippen LogP contribution in [0.15, 0.2) is 20.6 Å². The third kappa shape index (κ3) is 1.55. The summed E-state index contributed by atoms with van der Waals surface area (Å²) in [5, 5.41) is 3.05. The molecule has 15 heavy (non-hydrogen) atoms. The monoisotopic (exact) mass is 240 g/mol. The molecule has 1 aliphatic carbocycles. The zero-order valence-electron chi connectivity index (χ0n) is 9.90. The summed E-state index contributed by atoms with van der Waals surface area (Å²) in [4.78, 5) is 10.8. The van der Waals surface area contributed by atoms with Crippen LogP contribution in [0.4, 0.5) is 0 Å². The zero-order chi connectivity index (χ0) is 11.2. The minimum absolute atomic E-state index is 0.137. The Morgan fingerprint density at radius 2 is 1.87 bits per heavy atom. The van der Waals surface area contributed by atoms with E-state index in [-0.39, 0.29) is 5.54 Å². The van der Waals surface area contributed by atoms with E-state index < -0.39 is 17.9 Å². The predicted molar refractivity (Wildman–Crippen MR) is 58.3 cm³/mol. The summed E-state index contributed by atoms with van der Waals surface area (Å²) in [6.07, 6.45) is 0.858. The Hall–Kier alpha value is -0.336. The van der Waals surface area contributed by atoms with Gasteiger partial charge in [0.1, 0.15) is 0 Å². The summed E-state index contributed by atoms with van der Waals surface area (Å²) in [5.74, 6) is 0. The Morgan fingerprint density at radius 1 is 1.27 bits per heavy atom. The summed E-state index contributed by atoms with van der Waals surface area (Å²) >= 11 is -0.918. The number of allylic oxidation sites excluding steroid dienone is 2. The first-order chi connectivity index (χ1) is 7.02. The first kappa shape index (κ1) is 11.2. The van der Waals surface area contributed by atoms with Crippen LogP contribution < -0.4 is 5.32 Å². The van der Waals surface area contributed by atoms with E-state index in [1.54, 1.807) is 3.88 Å². The maximum absolute atomic E-state index is 10.8. The molecule has 0 bridgehead atoms. The number of hydrogen-bond acceptors (Lipinski definition) is 1. The molecule has 81 valence electrons. The first-order valence-electron chi connectivity index (χ1n) is 5.48. The predicted octanol–water partition coefficient (Wildman–Crippen LogP) is 2.58. The molecule has 0 radical (unpaired) electrons. The minimum atomic E-state index is -0.918. The molecule has 1 aliphatic heterocycles. The van der Waals surface area contributed by atoms with Crippen molar-refractivity contribution in [1.29, 1.82) is 0 Å². The molecule has 0 saturated carbocycles. The van der Waals surface area contributed by atoms with Gasteiger partial charge in [0.2, 0.25) is 0 Å². The molecule has 1 N–H and O–H groups in total. The van der Waals surface area contributed by atoms with E-state index in [1.807, 2.05) is 0 Å². The maximum atomic E-state index is 10.8. The first-order valence-corrected chi connectivity index (χ1v) is 8.47. The molecular weight excluding hydrogens is 222 g/mol. The fraction of sp³-hybridized carbons (Fsp3) is 0.583. The number of amides is 1. The zero-order valence-corrected chi connectivity index (χ0v) is 11.5. The SMILES string of the molecule is CC1=C(C)C(C)(NC=O)[C]([Ti]2[CH2][CH2]2)=C1C. The summed E-state index contributed by atoms with van der Waals surface area (Å²) in [6.45, 7) is 8.74. The number of hydrogen-bond donors (Lipinski definition) is 1. The van der Waals surface area contributed by atoms with Crippen LogP contribution in [-0.2, 0) is 22.7 Å². The summed E-state index contributed by atoms with van der Waals surface area (Å²) < 4.78 is 4.51. The van der Waals surface area contributed by atoms with Gasteiger partial charge in [-0.3, -0.25) is 0 Å². The summed E-state index contributed by atoms with van der Waals surface area (Å²) in [6, 6.07) is 0. The Labute approximate surface area is 97.7 Å². The Balaban J connectivity index is 2.47. The van der Waals surface area contributed by atoms with E-state index in [4.69, 9.17) is 0 Å². The van der Waals surface area contributed by atoms with Crippen LogP contribution in [0.2, 0.25) is 9.45 Å². The van der Waals surface area contributed by atoms with Crippen LogP contribution in [0.25, 0.3) is 0 Å². The molecule has 1 amide bonds. The fourth-order valence-corrected chi connectivity index (χ4v) is 7.05. The van der Waals surface area contributed by atoms with E-state index >= 15 is 0 Å². The van der Waals surface area contributed by atoms with E-state index in [0.29, 0.717) is 0 Å². The molecule has 3 heteroatoms. The van der Waals surface area contributed by atoms with Crippen molar-refractivity contribution >= 4 is 6.41 Å². The third-order valence-corrected chi connectivity index (χ3v) is 7.98. The average Bonchev–Trinajstić information content (AvgIpc) is 2.97. The van der Waals surface area contributed by atoms with Gasteiger partial charge in [-0.05, 0) is 0 Å². The molecule has 0 aromatic rings. The molecule has 1 unspecified atom stereocenters. The van der Waals surface area contributed by atoms with E-state index in [9.17, 15) is 4.79 Å². The van der Waals surface area contributed by atoms with Gasteiger partial charge in [0.25, 0.3) is 0 Å². The van der Waals surface area contributed by atoms with Gasteiger partial charge in [-0.2, -0.15) is 0 Å². The van der Waals surface area contributed by atoms with Crippen molar-refractivity contribution in [3.8, 4) is 0 Å². The molecule has 0 spiro atoms. The van der Waals surface area contributed by atoms with Gasteiger partial charge in [-0.15, -0.1) is 0 Å². The van der Waals surface area contributed by atoms with Crippen molar-refractivity contribution in [3.05, 3.63) is 20.6 Å². The van der Waals surface area contributed by atoms with Crippen molar-refractivity contribution in [1.82, 2.24) is 5.32 Å². The average molecular weight is 240 g/mol. The molecular formula is C12H18NOTi. The third-order valence-electron chi connectivity index (χ3n) is 3.95. The van der Waals surface area contributed by atoms with Crippen molar-refractivity contribution in [3.63, 3.8) is 0 Å². The van der Waals surface area contributed by atoms with Crippen LogP contribution in [0.3, 0.4) is 0 Å². The molecule has 0 aromatic heterocycles. The van der Waals surface area contributed by atoms with Gasteiger partial charge in [0, 0.05) is 0 Å². The Bertz CT molecular complexity index is 379. The molecule has 0 aromatic carbocycles. The van der Waals surface area contributed by atoms with Gasteiger partial charge >= 0.3 is 97.7 Å². The summed E-state index contributed by atoms with van der Waals surface area (Å²) in [5.41, 5.74) is 4.07. The van der Waals surface area contributed by atoms with Gasteiger partial charge in [-0.25, -0.2) is 0 Å². The summed E-state index contributed by atoms with van der Waals surface area (Å²) in [7, 11) is 0. The molecule has 1 heterocycles. The van der Waals surface area contributed by atoms with Crippen molar-refractivity contribution < 1.29 is 22.7 Å². The van der Waals surface area contributed by atoms with Crippen LogP contribution >= 0.6 is 0 Å². The van der Waals surface area contributed by atoms with Crippen LogP contribution in [0, 0.1) is 0 Å². The molecule has 1 saturated heterocycles. The van der Waals surface area contributed by atoms with Crippen molar-refractivity contribution in [2.75, 3.05) is 0 Å². The molecule has 2 aliphatic rings. The Morgan fingerprint density at radius 3 is 2.33 bits per heavy atom. The van der Waals surface area contributed by atoms with E-state index in [0.717, 1.165) is 6.41 Å². The van der Waals surface area contributed by atoms with Crippen LogP contribution in [0.5, 0.6) is 0 Å². The normalized spacial score (nSPS) is 30.0. The number of nitrogens with one attached hydrogen (secondary N) is 1. The van der Waals surface area contributed by atoms with Crippen LogP contribution in [0.1, 0.15) is 27.7 Å². The van der Waals surface area contributed by atoms with Gasteiger partial charge < -0.3 is 0 Å². The molecule has 2 rings (SSSR count). The fourth-order valence-electron chi connectivity index (χ4n) is 2.64.